The first kappa shape index (κ1) is 20.6. The molecule has 0 bridgehead atoms. The van der Waals surface area contributed by atoms with Crippen LogP contribution in [-0.2, 0) is 11.4 Å². The zero-order chi connectivity index (χ0) is 21.0. The monoisotopic (exact) mass is 417 g/mol. The third kappa shape index (κ3) is 5.25. The number of aromatic nitrogens is 5. The number of rotatable bonds is 8. The quantitative estimate of drug-likeness (QED) is 0.418. The Morgan fingerprint density at radius 2 is 2.14 bits per heavy atom. The van der Waals surface area contributed by atoms with Crippen LogP contribution in [-0.4, -0.2) is 36.7 Å². The van der Waals surface area contributed by atoms with Crippen molar-refractivity contribution in [2.75, 3.05) is 16.9 Å². The van der Waals surface area contributed by atoms with Crippen molar-refractivity contribution in [3.63, 3.8) is 0 Å². The van der Waals surface area contributed by atoms with Crippen molar-refractivity contribution in [1.82, 2.24) is 25.0 Å². The zero-order valence-electron chi connectivity index (χ0n) is 16.7. The van der Waals surface area contributed by atoms with Crippen molar-refractivity contribution in [3.05, 3.63) is 41.0 Å². The molecule has 0 saturated carbocycles. The van der Waals surface area contributed by atoms with Crippen molar-refractivity contribution in [2.45, 2.75) is 45.4 Å². The fourth-order valence-corrected chi connectivity index (χ4v) is 3.20. The Morgan fingerprint density at radius 1 is 1.34 bits per heavy atom. The summed E-state index contributed by atoms with van der Waals surface area (Å²) >= 11 is 1.14. The van der Waals surface area contributed by atoms with E-state index in [1.807, 2.05) is 13.0 Å². The number of ether oxygens (including phenoxy) is 1. The van der Waals surface area contributed by atoms with Gasteiger partial charge in [0.05, 0.1) is 5.75 Å². The van der Waals surface area contributed by atoms with Gasteiger partial charge in [-0.05, 0) is 37.0 Å². The van der Waals surface area contributed by atoms with E-state index in [0.29, 0.717) is 22.7 Å². The number of benzene rings is 1. The topological polar surface area (TPSA) is 134 Å². The number of aryl methyl sites for hydroxylation is 2. The third-order valence-corrected chi connectivity index (χ3v) is 4.93. The molecule has 0 aliphatic heterocycles. The van der Waals surface area contributed by atoms with Crippen LogP contribution in [0.4, 0.5) is 6.01 Å². The number of carbonyl (C=O) groups is 1. The molecule has 3 aromatic rings. The Hall–Kier alpha value is -3.08. The van der Waals surface area contributed by atoms with Gasteiger partial charge in [0.15, 0.2) is 11.6 Å². The number of thioether (sulfide) groups is 1. The Labute approximate surface area is 172 Å². The van der Waals surface area contributed by atoms with Crippen molar-refractivity contribution in [1.29, 1.82) is 0 Å². The van der Waals surface area contributed by atoms with Crippen LogP contribution in [0.15, 0.2) is 27.9 Å². The second-order valence-electron chi connectivity index (χ2n) is 6.74. The summed E-state index contributed by atoms with van der Waals surface area (Å²) in [6, 6.07) is 6.16. The molecule has 29 heavy (non-hydrogen) atoms. The molecule has 3 rings (SSSR count). The number of nitrogens with two attached hydrogens (primary N) is 1. The van der Waals surface area contributed by atoms with Crippen molar-refractivity contribution < 1.29 is 14.1 Å². The standard InChI is InChI=1S/C18H23N7O3S/c1-10(2)13-6-5-11(3)7-14(13)27-8-15-22-23-18(25(15)19)29-9-16(26)21-17-20-12(4)24-28-17/h5-7,10H,8-9,19H2,1-4H3,(H,20,21,24,26). The molecule has 11 heteroatoms. The lowest BCUT2D eigenvalue weighted by atomic mass is 10.0. The van der Waals surface area contributed by atoms with Crippen LogP contribution in [0.3, 0.4) is 0 Å². The van der Waals surface area contributed by atoms with Gasteiger partial charge in [-0.25, -0.2) is 4.68 Å². The summed E-state index contributed by atoms with van der Waals surface area (Å²) in [6.45, 7) is 8.06. The Kier molecular flexibility index (Phi) is 6.37. The maximum absolute atomic E-state index is 12.0. The molecular formula is C18H23N7O3S. The minimum Gasteiger partial charge on any atom is -0.485 e. The number of nitrogens with zero attached hydrogens (tertiary/aromatic N) is 5. The summed E-state index contributed by atoms with van der Waals surface area (Å²) in [5.41, 5.74) is 2.22. The lowest BCUT2D eigenvalue weighted by molar-refractivity contribution is -0.114. The van der Waals surface area contributed by atoms with Crippen molar-refractivity contribution in [2.24, 2.45) is 0 Å². The van der Waals surface area contributed by atoms with Gasteiger partial charge in [-0.2, -0.15) is 4.98 Å². The highest BCUT2D eigenvalue weighted by Crippen LogP contribution is 2.28. The van der Waals surface area contributed by atoms with E-state index in [-0.39, 0.29) is 24.3 Å². The van der Waals surface area contributed by atoms with Crippen LogP contribution < -0.4 is 15.9 Å². The molecule has 2 heterocycles. The summed E-state index contributed by atoms with van der Waals surface area (Å²) < 4.78 is 12.1. The van der Waals surface area contributed by atoms with Gasteiger partial charge in [0.1, 0.15) is 12.4 Å². The molecule has 154 valence electrons. The number of anilines is 1. The first-order valence-electron chi connectivity index (χ1n) is 8.99. The van der Waals surface area contributed by atoms with Gasteiger partial charge in [-0.1, -0.05) is 42.9 Å². The Balaban J connectivity index is 1.58. The van der Waals surface area contributed by atoms with Gasteiger partial charge < -0.3 is 15.1 Å². The highest BCUT2D eigenvalue weighted by molar-refractivity contribution is 7.99. The molecular weight excluding hydrogens is 394 g/mol. The first-order chi connectivity index (χ1) is 13.8. The molecule has 2 aromatic heterocycles. The minimum atomic E-state index is -0.319. The van der Waals surface area contributed by atoms with Crippen LogP contribution >= 0.6 is 11.8 Å². The van der Waals surface area contributed by atoms with Gasteiger partial charge in [-0.3, -0.25) is 10.1 Å². The molecule has 0 saturated heterocycles. The molecule has 0 spiro atoms. The summed E-state index contributed by atoms with van der Waals surface area (Å²) in [5.74, 6) is 7.82. The van der Waals surface area contributed by atoms with E-state index in [1.165, 1.54) is 4.68 Å². The minimum absolute atomic E-state index is 0.0514. The average Bonchev–Trinajstić information content (AvgIpc) is 3.23. The maximum atomic E-state index is 12.0. The highest BCUT2D eigenvalue weighted by Gasteiger charge is 2.15. The Bertz CT molecular complexity index is 999. The van der Waals surface area contributed by atoms with E-state index in [9.17, 15) is 4.79 Å². The van der Waals surface area contributed by atoms with Gasteiger partial charge in [-0.15, -0.1) is 10.2 Å². The molecule has 0 aliphatic rings. The maximum Gasteiger partial charge on any atom is 0.328 e. The smallest absolute Gasteiger partial charge is 0.328 e. The van der Waals surface area contributed by atoms with E-state index in [2.05, 4.69) is 51.6 Å². The second-order valence-corrected chi connectivity index (χ2v) is 7.68. The lowest BCUT2D eigenvalue weighted by Crippen LogP contribution is -2.18. The summed E-state index contributed by atoms with van der Waals surface area (Å²) in [7, 11) is 0. The van der Waals surface area contributed by atoms with Crippen molar-refractivity contribution >= 4 is 23.7 Å². The summed E-state index contributed by atoms with van der Waals surface area (Å²) in [6.07, 6.45) is 0. The predicted octanol–water partition coefficient (Wildman–Crippen LogP) is 2.42. The summed E-state index contributed by atoms with van der Waals surface area (Å²) in [5, 5.41) is 14.6. The largest absolute Gasteiger partial charge is 0.485 e. The summed E-state index contributed by atoms with van der Waals surface area (Å²) in [4.78, 5) is 15.9. The van der Waals surface area contributed by atoms with Crippen molar-refractivity contribution in [3.8, 4) is 5.75 Å². The molecule has 0 aliphatic carbocycles. The van der Waals surface area contributed by atoms with E-state index in [4.69, 9.17) is 15.1 Å². The first-order valence-corrected chi connectivity index (χ1v) is 9.97. The van der Waals surface area contributed by atoms with E-state index in [0.717, 1.165) is 28.6 Å². The lowest BCUT2D eigenvalue weighted by Gasteiger charge is -2.14. The van der Waals surface area contributed by atoms with E-state index >= 15 is 0 Å². The second kappa shape index (κ2) is 8.95. The fourth-order valence-electron chi connectivity index (χ4n) is 2.52. The molecule has 1 amide bonds. The van der Waals surface area contributed by atoms with Crippen LogP contribution in [0, 0.1) is 13.8 Å². The predicted molar refractivity (Wildman–Crippen MR) is 108 cm³/mol. The molecule has 0 fully saturated rings. The molecule has 0 unspecified atom stereocenters. The molecule has 1 aromatic carbocycles. The number of hydrogen-bond acceptors (Lipinski definition) is 9. The van der Waals surface area contributed by atoms with Crippen LogP contribution in [0.25, 0.3) is 0 Å². The molecule has 3 N–H and O–H groups in total. The number of amides is 1. The van der Waals surface area contributed by atoms with Crippen LogP contribution in [0.5, 0.6) is 5.75 Å². The SMILES string of the molecule is Cc1ccc(C(C)C)c(OCc2nnc(SCC(=O)Nc3nc(C)no3)n2N)c1. The number of nitrogen functional groups attached to an aromatic ring is 1. The Morgan fingerprint density at radius 3 is 2.83 bits per heavy atom. The van der Waals surface area contributed by atoms with E-state index in [1.54, 1.807) is 6.92 Å². The van der Waals surface area contributed by atoms with Crippen LogP contribution in [0.1, 0.15) is 42.5 Å². The number of hydrogen-bond donors (Lipinski definition) is 2. The average molecular weight is 417 g/mol. The zero-order valence-corrected chi connectivity index (χ0v) is 17.5. The number of carbonyl (C=O) groups excluding carboxylic acids is 1. The van der Waals surface area contributed by atoms with Gasteiger partial charge in [0.2, 0.25) is 11.1 Å². The number of nitrogens with one attached hydrogen (secondary N) is 1. The third-order valence-electron chi connectivity index (χ3n) is 3.99. The highest BCUT2D eigenvalue weighted by atomic mass is 32.2. The van der Waals surface area contributed by atoms with E-state index < -0.39 is 0 Å². The molecule has 10 nitrogen and oxygen atoms in total. The molecule has 0 radical (unpaired) electrons. The van der Waals surface area contributed by atoms with Gasteiger partial charge in [0.25, 0.3) is 0 Å². The normalized spacial score (nSPS) is 11.1. The van der Waals surface area contributed by atoms with Gasteiger partial charge in [0, 0.05) is 0 Å². The van der Waals surface area contributed by atoms with Gasteiger partial charge >= 0.3 is 6.01 Å². The molecule has 0 atom stereocenters. The fraction of sp³-hybridized carbons (Fsp3) is 0.389. The van der Waals surface area contributed by atoms with Crippen LogP contribution in [0.2, 0.25) is 0 Å².